The monoisotopic (exact) mass is 349 g/mol. The van der Waals surface area contributed by atoms with Gasteiger partial charge in [-0.25, -0.2) is 15.0 Å². The summed E-state index contributed by atoms with van der Waals surface area (Å²) in [5, 5.41) is 5.87. The second-order valence-corrected chi connectivity index (χ2v) is 5.17. The van der Waals surface area contributed by atoms with Gasteiger partial charge < -0.3 is 15.4 Å². The molecule has 9 heteroatoms. The summed E-state index contributed by atoms with van der Waals surface area (Å²) in [6, 6.07) is 4.84. The van der Waals surface area contributed by atoms with Crippen LogP contribution in [0, 0.1) is 0 Å². The zero-order chi connectivity index (χ0) is 17.4. The molecule has 0 aromatic carbocycles. The van der Waals surface area contributed by atoms with E-state index in [0.29, 0.717) is 23.3 Å². The van der Waals surface area contributed by atoms with Crippen molar-refractivity contribution in [2.45, 2.75) is 19.4 Å². The van der Waals surface area contributed by atoms with Crippen molar-refractivity contribution in [2.75, 3.05) is 17.2 Å². The number of ether oxygens (including phenoxy) is 1. The number of nitrogens with zero attached hydrogens (tertiary/aromatic N) is 3. The van der Waals surface area contributed by atoms with Gasteiger partial charge in [0.05, 0.1) is 11.4 Å². The summed E-state index contributed by atoms with van der Waals surface area (Å²) >= 11 is 5.71. The van der Waals surface area contributed by atoms with Crippen molar-refractivity contribution in [2.24, 2.45) is 0 Å². The zero-order valence-electron chi connectivity index (χ0n) is 12.9. The van der Waals surface area contributed by atoms with Crippen molar-refractivity contribution in [3.63, 3.8) is 0 Å². The summed E-state index contributed by atoms with van der Waals surface area (Å²) in [5.74, 6) is -0.234. The minimum Gasteiger partial charge on any atom is -0.452 e. The van der Waals surface area contributed by atoms with Gasteiger partial charge in [-0.3, -0.25) is 9.59 Å². The number of aromatic nitrogens is 3. The third kappa shape index (κ3) is 5.81. The standard InChI is InChI=1S/C15H16ClN5O3/c1-10(14(23)21-12-4-3-11(16)9-20-12)24-13(22)5-8-19-15-17-6-2-7-18-15/h2-4,6-7,9-10H,5,8H2,1H3,(H,17,18,19)(H,20,21,23). The van der Waals surface area contributed by atoms with E-state index in [4.69, 9.17) is 16.3 Å². The van der Waals surface area contributed by atoms with Crippen LogP contribution in [0.1, 0.15) is 13.3 Å². The van der Waals surface area contributed by atoms with Gasteiger partial charge in [0, 0.05) is 25.1 Å². The number of carbonyl (C=O) groups is 2. The molecule has 1 amide bonds. The fourth-order valence-corrected chi connectivity index (χ4v) is 1.77. The lowest BCUT2D eigenvalue weighted by Gasteiger charge is -2.13. The van der Waals surface area contributed by atoms with Gasteiger partial charge in [-0.1, -0.05) is 11.6 Å². The summed E-state index contributed by atoms with van der Waals surface area (Å²) in [4.78, 5) is 35.5. The molecule has 1 atom stereocenters. The quantitative estimate of drug-likeness (QED) is 0.735. The molecule has 0 bridgehead atoms. The van der Waals surface area contributed by atoms with Gasteiger partial charge >= 0.3 is 5.97 Å². The van der Waals surface area contributed by atoms with Crippen LogP contribution < -0.4 is 10.6 Å². The third-order valence-electron chi connectivity index (χ3n) is 2.83. The largest absolute Gasteiger partial charge is 0.452 e. The van der Waals surface area contributed by atoms with E-state index in [9.17, 15) is 9.59 Å². The lowest BCUT2D eigenvalue weighted by molar-refractivity contribution is -0.152. The van der Waals surface area contributed by atoms with Crippen LogP contribution in [0.5, 0.6) is 0 Å². The summed E-state index contributed by atoms with van der Waals surface area (Å²) in [6.07, 6.45) is 3.72. The molecule has 8 nitrogen and oxygen atoms in total. The summed E-state index contributed by atoms with van der Waals surface area (Å²) in [6.45, 7) is 1.78. The molecule has 2 aromatic rings. The van der Waals surface area contributed by atoms with Gasteiger partial charge in [0.2, 0.25) is 5.95 Å². The Labute approximate surface area is 143 Å². The molecule has 0 spiro atoms. The molecule has 0 aliphatic carbocycles. The molecule has 24 heavy (non-hydrogen) atoms. The summed E-state index contributed by atoms with van der Waals surface area (Å²) in [5.41, 5.74) is 0. The van der Waals surface area contributed by atoms with Crippen molar-refractivity contribution in [3.05, 3.63) is 41.8 Å². The number of pyridine rings is 1. The lowest BCUT2D eigenvalue weighted by atomic mass is 10.3. The number of hydrogen-bond acceptors (Lipinski definition) is 7. The highest BCUT2D eigenvalue weighted by Gasteiger charge is 2.18. The molecule has 0 fully saturated rings. The number of anilines is 2. The van der Waals surface area contributed by atoms with E-state index in [1.54, 1.807) is 30.6 Å². The maximum absolute atomic E-state index is 11.9. The first kappa shape index (κ1) is 17.6. The Morgan fingerprint density at radius 3 is 2.67 bits per heavy atom. The normalized spacial score (nSPS) is 11.4. The lowest BCUT2D eigenvalue weighted by Crippen LogP contribution is -2.30. The van der Waals surface area contributed by atoms with Crippen molar-refractivity contribution < 1.29 is 14.3 Å². The fourth-order valence-electron chi connectivity index (χ4n) is 1.65. The number of hydrogen-bond donors (Lipinski definition) is 2. The van der Waals surface area contributed by atoms with Gasteiger partial charge in [0.1, 0.15) is 5.82 Å². The molecule has 126 valence electrons. The minimum atomic E-state index is -0.942. The molecular weight excluding hydrogens is 334 g/mol. The van der Waals surface area contributed by atoms with Crippen molar-refractivity contribution in [1.82, 2.24) is 15.0 Å². The molecule has 2 heterocycles. The van der Waals surface area contributed by atoms with Gasteiger partial charge in [0.15, 0.2) is 6.10 Å². The molecule has 2 rings (SSSR count). The third-order valence-corrected chi connectivity index (χ3v) is 3.06. The highest BCUT2D eigenvalue weighted by atomic mass is 35.5. The predicted octanol–water partition coefficient (Wildman–Crippen LogP) is 1.90. The fraction of sp³-hybridized carbons (Fsp3) is 0.267. The van der Waals surface area contributed by atoms with Crippen molar-refractivity contribution in [1.29, 1.82) is 0 Å². The van der Waals surface area contributed by atoms with Crippen LogP contribution in [0.25, 0.3) is 0 Å². The number of halogens is 1. The van der Waals surface area contributed by atoms with E-state index in [1.165, 1.54) is 13.1 Å². The first-order valence-corrected chi connectivity index (χ1v) is 7.55. The van der Waals surface area contributed by atoms with Gasteiger partial charge in [0.25, 0.3) is 5.91 Å². The minimum absolute atomic E-state index is 0.0784. The van der Waals surface area contributed by atoms with Crippen LogP contribution in [-0.4, -0.2) is 39.5 Å². The van der Waals surface area contributed by atoms with Crippen LogP contribution in [-0.2, 0) is 14.3 Å². The van der Waals surface area contributed by atoms with E-state index < -0.39 is 18.0 Å². The molecule has 0 saturated carbocycles. The smallest absolute Gasteiger partial charge is 0.308 e. The first-order chi connectivity index (χ1) is 11.5. The van der Waals surface area contributed by atoms with Gasteiger partial charge in [-0.15, -0.1) is 0 Å². The van der Waals surface area contributed by atoms with E-state index in [1.807, 2.05) is 0 Å². The Hall–Kier alpha value is -2.74. The molecule has 0 radical (unpaired) electrons. The Morgan fingerprint density at radius 2 is 2.00 bits per heavy atom. The number of esters is 1. The zero-order valence-corrected chi connectivity index (χ0v) is 13.7. The Kier molecular flexibility index (Phi) is 6.44. The molecule has 2 N–H and O–H groups in total. The summed E-state index contributed by atoms with van der Waals surface area (Å²) in [7, 11) is 0. The maximum atomic E-state index is 11.9. The van der Waals surface area contributed by atoms with Crippen molar-refractivity contribution >= 4 is 35.2 Å². The molecule has 1 unspecified atom stereocenters. The number of amides is 1. The topological polar surface area (TPSA) is 106 Å². The van der Waals surface area contributed by atoms with Gasteiger partial charge in [-0.05, 0) is 25.1 Å². The highest BCUT2D eigenvalue weighted by Crippen LogP contribution is 2.10. The van der Waals surface area contributed by atoms with Gasteiger partial charge in [-0.2, -0.15) is 0 Å². The number of carbonyl (C=O) groups excluding carboxylic acids is 2. The van der Waals surface area contributed by atoms with Crippen LogP contribution >= 0.6 is 11.6 Å². The average Bonchev–Trinajstić information content (AvgIpc) is 2.58. The van der Waals surface area contributed by atoms with Crippen LogP contribution in [0.15, 0.2) is 36.8 Å². The number of nitrogens with one attached hydrogen (secondary N) is 2. The SMILES string of the molecule is CC(OC(=O)CCNc1ncccn1)C(=O)Nc1ccc(Cl)cn1. The molecule has 0 aliphatic heterocycles. The van der Waals surface area contributed by atoms with E-state index in [0.717, 1.165) is 0 Å². The second-order valence-electron chi connectivity index (χ2n) is 4.73. The molecular formula is C15H16ClN5O3. The van der Waals surface area contributed by atoms with Crippen LogP contribution in [0.3, 0.4) is 0 Å². The predicted molar refractivity (Wildman–Crippen MR) is 88.6 cm³/mol. The second kappa shape index (κ2) is 8.78. The van der Waals surface area contributed by atoms with E-state index in [-0.39, 0.29) is 6.42 Å². The van der Waals surface area contributed by atoms with Crippen molar-refractivity contribution in [3.8, 4) is 0 Å². The number of rotatable bonds is 7. The summed E-state index contributed by atoms with van der Waals surface area (Å²) < 4.78 is 5.06. The van der Waals surface area contributed by atoms with E-state index >= 15 is 0 Å². The maximum Gasteiger partial charge on any atom is 0.308 e. The molecule has 0 saturated heterocycles. The highest BCUT2D eigenvalue weighted by molar-refractivity contribution is 6.30. The average molecular weight is 350 g/mol. The Morgan fingerprint density at radius 1 is 1.25 bits per heavy atom. The van der Waals surface area contributed by atoms with Crippen LogP contribution in [0.4, 0.5) is 11.8 Å². The molecule has 0 aliphatic rings. The Bertz CT molecular complexity index is 681. The Balaban J connectivity index is 1.72. The van der Waals surface area contributed by atoms with Crippen LogP contribution in [0.2, 0.25) is 5.02 Å². The first-order valence-electron chi connectivity index (χ1n) is 7.17. The van der Waals surface area contributed by atoms with E-state index in [2.05, 4.69) is 25.6 Å². The molecule has 2 aromatic heterocycles.